The smallest absolute Gasteiger partial charge is 0.0716 e. The zero-order chi connectivity index (χ0) is 11.2. The van der Waals surface area contributed by atoms with Crippen LogP contribution in [0.1, 0.15) is 31.2 Å². The van der Waals surface area contributed by atoms with E-state index in [4.69, 9.17) is 10.5 Å². The standard InChI is InChI=1S/C14H21NO/c15-14-8-4-7-13(14)9-10-16-11-12-5-2-1-3-6-12/h1-3,5-6,13-14H,4,7-11,15H2. The summed E-state index contributed by atoms with van der Waals surface area (Å²) in [6, 6.07) is 10.7. The summed E-state index contributed by atoms with van der Waals surface area (Å²) in [5, 5.41) is 0. The van der Waals surface area contributed by atoms with E-state index in [1.807, 2.05) is 18.2 Å². The number of rotatable bonds is 5. The summed E-state index contributed by atoms with van der Waals surface area (Å²) in [5.74, 6) is 0.691. The molecule has 2 atom stereocenters. The predicted octanol–water partition coefficient (Wildman–Crippen LogP) is 2.72. The van der Waals surface area contributed by atoms with Crippen LogP contribution in [0.2, 0.25) is 0 Å². The van der Waals surface area contributed by atoms with Crippen molar-refractivity contribution in [2.75, 3.05) is 6.61 Å². The van der Waals surface area contributed by atoms with Gasteiger partial charge < -0.3 is 10.5 Å². The van der Waals surface area contributed by atoms with Crippen molar-refractivity contribution in [3.63, 3.8) is 0 Å². The summed E-state index contributed by atoms with van der Waals surface area (Å²) < 4.78 is 5.67. The van der Waals surface area contributed by atoms with Gasteiger partial charge in [-0.3, -0.25) is 0 Å². The Morgan fingerprint density at radius 3 is 2.69 bits per heavy atom. The summed E-state index contributed by atoms with van der Waals surface area (Å²) in [6.07, 6.45) is 4.90. The molecule has 0 bridgehead atoms. The van der Waals surface area contributed by atoms with Crippen LogP contribution in [-0.2, 0) is 11.3 Å². The summed E-state index contributed by atoms with van der Waals surface area (Å²) in [6.45, 7) is 1.57. The third kappa shape index (κ3) is 3.32. The Hall–Kier alpha value is -0.860. The molecule has 1 fully saturated rings. The number of nitrogens with two attached hydrogens (primary N) is 1. The van der Waals surface area contributed by atoms with E-state index in [1.54, 1.807) is 0 Å². The van der Waals surface area contributed by atoms with Crippen molar-refractivity contribution in [3.8, 4) is 0 Å². The Bertz CT molecular complexity index is 299. The quantitative estimate of drug-likeness (QED) is 0.773. The van der Waals surface area contributed by atoms with Crippen molar-refractivity contribution in [3.05, 3.63) is 35.9 Å². The van der Waals surface area contributed by atoms with E-state index in [0.29, 0.717) is 12.0 Å². The molecule has 2 heteroatoms. The monoisotopic (exact) mass is 219 g/mol. The summed E-state index contributed by atoms with van der Waals surface area (Å²) >= 11 is 0. The van der Waals surface area contributed by atoms with E-state index in [2.05, 4.69) is 12.1 Å². The molecule has 0 aromatic heterocycles. The van der Waals surface area contributed by atoms with Gasteiger partial charge in [0.05, 0.1) is 6.61 Å². The molecule has 2 N–H and O–H groups in total. The van der Waals surface area contributed by atoms with Crippen LogP contribution in [-0.4, -0.2) is 12.6 Å². The highest BCUT2D eigenvalue weighted by molar-refractivity contribution is 5.13. The SMILES string of the molecule is NC1CCCC1CCOCc1ccccc1. The molecule has 0 spiro atoms. The number of ether oxygens (including phenoxy) is 1. The van der Waals surface area contributed by atoms with Gasteiger partial charge in [0.15, 0.2) is 0 Å². The van der Waals surface area contributed by atoms with E-state index < -0.39 is 0 Å². The lowest BCUT2D eigenvalue weighted by Crippen LogP contribution is -2.25. The minimum atomic E-state index is 0.417. The van der Waals surface area contributed by atoms with Gasteiger partial charge in [-0.25, -0.2) is 0 Å². The average molecular weight is 219 g/mol. The first kappa shape index (κ1) is 11.6. The Balaban J connectivity index is 1.62. The molecule has 2 nitrogen and oxygen atoms in total. The molecule has 0 heterocycles. The molecule has 1 saturated carbocycles. The maximum atomic E-state index is 6.02. The van der Waals surface area contributed by atoms with Crippen molar-refractivity contribution in [2.24, 2.45) is 11.7 Å². The van der Waals surface area contributed by atoms with E-state index in [1.165, 1.54) is 24.8 Å². The number of benzene rings is 1. The molecule has 0 radical (unpaired) electrons. The molecule has 0 aliphatic heterocycles. The molecule has 0 saturated heterocycles. The highest BCUT2D eigenvalue weighted by atomic mass is 16.5. The largest absolute Gasteiger partial charge is 0.377 e. The second kappa shape index (κ2) is 6.02. The van der Waals surface area contributed by atoms with E-state index in [9.17, 15) is 0 Å². The van der Waals surface area contributed by atoms with Crippen LogP contribution in [0, 0.1) is 5.92 Å². The molecule has 1 aromatic carbocycles. The first-order valence-electron chi connectivity index (χ1n) is 6.23. The first-order chi connectivity index (χ1) is 7.86. The van der Waals surface area contributed by atoms with Crippen LogP contribution in [0.3, 0.4) is 0 Å². The lowest BCUT2D eigenvalue weighted by Gasteiger charge is -2.14. The number of hydrogen-bond donors (Lipinski definition) is 1. The van der Waals surface area contributed by atoms with Crippen molar-refractivity contribution in [1.29, 1.82) is 0 Å². The van der Waals surface area contributed by atoms with Gasteiger partial charge in [0.1, 0.15) is 0 Å². The maximum Gasteiger partial charge on any atom is 0.0716 e. The average Bonchev–Trinajstić information content (AvgIpc) is 2.72. The highest BCUT2D eigenvalue weighted by Crippen LogP contribution is 2.26. The maximum absolute atomic E-state index is 6.02. The highest BCUT2D eigenvalue weighted by Gasteiger charge is 2.23. The van der Waals surface area contributed by atoms with E-state index in [-0.39, 0.29) is 0 Å². The van der Waals surface area contributed by atoms with Crippen molar-refractivity contribution in [2.45, 2.75) is 38.3 Å². The molecule has 1 aromatic rings. The first-order valence-corrected chi connectivity index (χ1v) is 6.23. The summed E-state index contributed by atoms with van der Waals surface area (Å²) in [5.41, 5.74) is 7.27. The summed E-state index contributed by atoms with van der Waals surface area (Å²) in [4.78, 5) is 0. The zero-order valence-corrected chi connectivity index (χ0v) is 9.77. The molecule has 0 amide bonds. The molecular weight excluding hydrogens is 198 g/mol. The summed E-state index contributed by atoms with van der Waals surface area (Å²) in [7, 11) is 0. The van der Waals surface area contributed by atoms with E-state index in [0.717, 1.165) is 19.6 Å². The number of hydrogen-bond acceptors (Lipinski definition) is 2. The molecule has 1 aliphatic rings. The third-order valence-electron chi connectivity index (χ3n) is 3.46. The molecule has 16 heavy (non-hydrogen) atoms. The lowest BCUT2D eigenvalue weighted by atomic mass is 10.0. The van der Waals surface area contributed by atoms with Gasteiger partial charge in [-0.05, 0) is 30.7 Å². The second-order valence-electron chi connectivity index (χ2n) is 4.68. The Morgan fingerprint density at radius 1 is 1.19 bits per heavy atom. The molecule has 1 aliphatic carbocycles. The normalized spacial score (nSPS) is 24.8. The molecular formula is C14H21NO. The third-order valence-corrected chi connectivity index (χ3v) is 3.46. The van der Waals surface area contributed by atoms with Crippen molar-refractivity contribution < 1.29 is 4.74 Å². The fourth-order valence-corrected chi connectivity index (χ4v) is 2.42. The fourth-order valence-electron chi connectivity index (χ4n) is 2.42. The van der Waals surface area contributed by atoms with Gasteiger partial charge in [-0.1, -0.05) is 36.8 Å². The fraction of sp³-hybridized carbons (Fsp3) is 0.571. The minimum absolute atomic E-state index is 0.417. The van der Waals surface area contributed by atoms with Gasteiger partial charge in [0.25, 0.3) is 0 Å². The topological polar surface area (TPSA) is 35.2 Å². The predicted molar refractivity (Wildman–Crippen MR) is 66.0 cm³/mol. The van der Waals surface area contributed by atoms with Gasteiger partial charge in [0.2, 0.25) is 0 Å². The van der Waals surface area contributed by atoms with Gasteiger partial charge in [0, 0.05) is 12.6 Å². The Morgan fingerprint density at radius 2 is 2.00 bits per heavy atom. The Labute approximate surface area is 97.8 Å². The van der Waals surface area contributed by atoms with Crippen molar-refractivity contribution in [1.82, 2.24) is 0 Å². The van der Waals surface area contributed by atoms with Crippen LogP contribution in [0.4, 0.5) is 0 Å². The van der Waals surface area contributed by atoms with Crippen LogP contribution >= 0.6 is 0 Å². The second-order valence-corrected chi connectivity index (χ2v) is 4.68. The minimum Gasteiger partial charge on any atom is -0.377 e. The van der Waals surface area contributed by atoms with E-state index >= 15 is 0 Å². The van der Waals surface area contributed by atoms with Gasteiger partial charge in [-0.2, -0.15) is 0 Å². The molecule has 88 valence electrons. The lowest BCUT2D eigenvalue weighted by molar-refractivity contribution is 0.106. The van der Waals surface area contributed by atoms with Crippen LogP contribution in [0.15, 0.2) is 30.3 Å². The Kier molecular flexibility index (Phi) is 4.37. The molecule has 2 rings (SSSR count). The van der Waals surface area contributed by atoms with Crippen LogP contribution in [0.25, 0.3) is 0 Å². The van der Waals surface area contributed by atoms with Crippen LogP contribution < -0.4 is 5.73 Å². The zero-order valence-electron chi connectivity index (χ0n) is 9.77. The van der Waals surface area contributed by atoms with Crippen molar-refractivity contribution >= 4 is 0 Å². The van der Waals surface area contributed by atoms with Gasteiger partial charge in [-0.15, -0.1) is 0 Å². The van der Waals surface area contributed by atoms with Crippen LogP contribution in [0.5, 0.6) is 0 Å². The molecule has 2 unspecified atom stereocenters. The van der Waals surface area contributed by atoms with Gasteiger partial charge >= 0.3 is 0 Å².